The first-order chi connectivity index (χ1) is 6.24. The Morgan fingerprint density at radius 1 is 1.31 bits per heavy atom. The van der Waals surface area contributed by atoms with Gasteiger partial charge in [0.15, 0.2) is 0 Å². The van der Waals surface area contributed by atoms with E-state index in [2.05, 4.69) is 10.1 Å². The Balaban J connectivity index is 0.000000671. The Hall–Kier alpha value is -0.220. The summed E-state index contributed by atoms with van der Waals surface area (Å²) in [6, 6.07) is 0.115. The molecule has 0 amide bonds. The minimum atomic E-state index is -2.63. The summed E-state index contributed by atoms with van der Waals surface area (Å²) in [7, 11) is 1.78. The second-order valence-electron chi connectivity index (χ2n) is 2.76. The first-order valence-electron chi connectivity index (χ1n) is 4.85. The van der Waals surface area contributed by atoms with E-state index in [1.54, 1.807) is 7.05 Å². The number of hydrogen-bond donors (Lipinski definition) is 1. The van der Waals surface area contributed by atoms with E-state index in [4.69, 9.17) is 0 Å². The third kappa shape index (κ3) is 4.52. The third-order valence-corrected chi connectivity index (χ3v) is 2.10. The van der Waals surface area contributed by atoms with Gasteiger partial charge in [-0.3, -0.25) is 0 Å². The Morgan fingerprint density at radius 3 is 2.38 bits per heavy atom. The van der Waals surface area contributed by atoms with Crippen molar-refractivity contribution < 1.29 is 13.5 Å². The van der Waals surface area contributed by atoms with Crippen molar-refractivity contribution in [1.29, 1.82) is 0 Å². The number of rotatable bonds is 3. The molecule has 4 heteroatoms. The van der Waals surface area contributed by atoms with Crippen molar-refractivity contribution >= 4 is 0 Å². The zero-order valence-electron chi connectivity index (χ0n) is 8.52. The van der Waals surface area contributed by atoms with Crippen molar-refractivity contribution in [2.24, 2.45) is 0 Å². The number of halogens is 2. The van der Waals surface area contributed by atoms with Gasteiger partial charge < -0.3 is 10.1 Å². The fourth-order valence-corrected chi connectivity index (χ4v) is 1.55. The van der Waals surface area contributed by atoms with E-state index in [0.29, 0.717) is 0 Å². The molecule has 1 rings (SSSR count). The fourth-order valence-electron chi connectivity index (χ4n) is 1.55. The van der Waals surface area contributed by atoms with Crippen LogP contribution in [-0.4, -0.2) is 25.8 Å². The van der Waals surface area contributed by atoms with Gasteiger partial charge in [-0.1, -0.05) is 13.8 Å². The average molecular weight is 195 g/mol. The molecular weight excluding hydrogens is 176 g/mol. The van der Waals surface area contributed by atoms with Crippen LogP contribution >= 0.6 is 0 Å². The highest BCUT2D eigenvalue weighted by molar-refractivity contribution is 4.82. The molecule has 13 heavy (non-hydrogen) atoms. The molecule has 0 saturated heterocycles. The molecule has 1 N–H and O–H groups in total. The normalized spacial score (nSPS) is 27.2. The molecular formula is C9H19F2NO. The van der Waals surface area contributed by atoms with Crippen molar-refractivity contribution in [2.45, 2.75) is 51.9 Å². The maximum atomic E-state index is 11.7. The van der Waals surface area contributed by atoms with E-state index in [9.17, 15) is 8.78 Å². The SMILES string of the molecule is CC.CNC1CCCC1OC(F)F. The van der Waals surface area contributed by atoms with Crippen LogP contribution in [0.5, 0.6) is 0 Å². The van der Waals surface area contributed by atoms with Gasteiger partial charge in [-0.2, -0.15) is 8.78 Å². The van der Waals surface area contributed by atoms with Crippen LogP contribution < -0.4 is 5.32 Å². The lowest BCUT2D eigenvalue weighted by Crippen LogP contribution is -2.35. The Labute approximate surface area is 78.7 Å². The molecule has 0 aliphatic heterocycles. The largest absolute Gasteiger partial charge is 0.345 e. The summed E-state index contributed by atoms with van der Waals surface area (Å²) in [6.45, 7) is 1.37. The highest BCUT2D eigenvalue weighted by Gasteiger charge is 2.28. The molecule has 0 heterocycles. The van der Waals surface area contributed by atoms with E-state index < -0.39 is 6.61 Å². The molecule has 0 bridgehead atoms. The number of nitrogens with one attached hydrogen (secondary N) is 1. The molecule has 1 fully saturated rings. The summed E-state index contributed by atoms with van der Waals surface area (Å²) in [6.07, 6.45) is 2.37. The van der Waals surface area contributed by atoms with E-state index in [-0.39, 0.29) is 12.1 Å². The van der Waals surface area contributed by atoms with Crippen LogP contribution in [0, 0.1) is 0 Å². The van der Waals surface area contributed by atoms with Crippen molar-refractivity contribution in [1.82, 2.24) is 5.32 Å². The van der Waals surface area contributed by atoms with E-state index in [1.165, 1.54) is 0 Å². The Bertz CT molecular complexity index is 122. The second kappa shape index (κ2) is 7.21. The van der Waals surface area contributed by atoms with Crippen molar-refractivity contribution in [3.63, 3.8) is 0 Å². The summed E-state index contributed by atoms with van der Waals surface area (Å²) >= 11 is 0. The van der Waals surface area contributed by atoms with Crippen molar-refractivity contribution in [3.05, 3.63) is 0 Å². The van der Waals surface area contributed by atoms with Gasteiger partial charge in [-0.25, -0.2) is 0 Å². The maximum Gasteiger partial charge on any atom is 0.345 e. The molecule has 2 atom stereocenters. The van der Waals surface area contributed by atoms with Gasteiger partial charge in [-0.05, 0) is 26.3 Å². The predicted octanol–water partition coefficient (Wildman–Crippen LogP) is 2.39. The van der Waals surface area contributed by atoms with E-state index in [0.717, 1.165) is 19.3 Å². The smallest absolute Gasteiger partial charge is 0.318 e. The van der Waals surface area contributed by atoms with Gasteiger partial charge in [0.05, 0.1) is 6.10 Å². The van der Waals surface area contributed by atoms with Crippen molar-refractivity contribution in [2.75, 3.05) is 7.05 Å². The van der Waals surface area contributed by atoms with Gasteiger partial charge in [0.1, 0.15) is 0 Å². The van der Waals surface area contributed by atoms with E-state index >= 15 is 0 Å². The van der Waals surface area contributed by atoms with Gasteiger partial charge >= 0.3 is 6.61 Å². The molecule has 0 radical (unpaired) electrons. The monoisotopic (exact) mass is 195 g/mol. The molecule has 1 aliphatic rings. The zero-order chi connectivity index (χ0) is 10.3. The number of alkyl halides is 2. The second-order valence-corrected chi connectivity index (χ2v) is 2.76. The molecule has 80 valence electrons. The van der Waals surface area contributed by atoms with Crippen LogP contribution in [0.25, 0.3) is 0 Å². The Morgan fingerprint density at radius 2 is 1.92 bits per heavy atom. The van der Waals surface area contributed by atoms with Gasteiger partial charge in [0.25, 0.3) is 0 Å². The van der Waals surface area contributed by atoms with Crippen molar-refractivity contribution in [3.8, 4) is 0 Å². The molecule has 2 nitrogen and oxygen atoms in total. The fraction of sp³-hybridized carbons (Fsp3) is 1.00. The van der Waals surface area contributed by atoms with Gasteiger partial charge in [0.2, 0.25) is 0 Å². The highest BCUT2D eigenvalue weighted by Crippen LogP contribution is 2.23. The minimum absolute atomic E-state index is 0.115. The van der Waals surface area contributed by atoms with Crippen LogP contribution in [0.1, 0.15) is 33.1 Å². The minimum Gasteiger partial charge on any atom is -0.318 e. The summed E-state index contributed by atoms with van der Waals surface area (Å²) in [5, 5.41) is 2.96. The lowest BCUT2D eigenvalue weighted by atomic mass is 10.2. The lowest BCUT2D eigenvalue weighted by molar-refractivity contribution is -0.165. The predicted molar refractivity (Wildman–Crippen MR) is 48.9 cm³/mol. The van der Waals surface area contributed by atoms with Gasteiger partial charge in [0, 0.05) is 6.04 Å². The highest BCUT2D eigenvalue weighted by atomic mass is 19.3. The summed E-state index contributed by atoms with van der Waals surface area (Å²) < 4.78 is 27.9. The number of hydrogen-bond acceptors (Lipinski definition) is 2. The topological polar surface area (TPSA) is 21.3 Å². The average Bonchev–Trinajstić information content (AvgIpc) is 2.54. The van der Waals surface area contributed by atoms with Crippen LogP contribution in [0.3, 0.4) is 0 Å². The molecule has 0 aromatic rings. The maximum absolute atomic E-state index is 11.7. The molecule has 0 aromatic carbocycles. The Kier molecular flexibility index (Phi) is 7.09. The van der Waals surface area contributed by atoms with E-state index in [1.807, 2.05) is 13.8 Å². The molecule has 2 unspecified atom stereocenters. The zero-order valence-corrected chi connectivity index (χ0v) is 8.52. The first kappa shape index (κ1) is 12.8. The van der Waals surface area contributed by atoms with Crippen LogP contribution in [0.2, 0.25) is 0 Å². The molecule has 0 aromatic heterocycles. The standard InChI is InChI=1S/C7H13F2NO.C2H6/c1-10-5-3-2-4-6(5)11-7(8)9;1-2/h5-7,10H,2-4H2,1H3;1-2H3. The van der Waals surface area contributed by atoms with Gasteiger partial charge in [-0.15, -0.1) is 0 Å². The summed E-state index contributed by atoms with van der Waals surface area (Å²) in [4.78, 5) is 0. The third-order valence-electron chi connectivity index (χ3n) is 2.10. The van der Waals surface area contributed by atoms with Crippen LogP contribution in [-0.2, 0) is 4.74 Å². The summed E-state index contributed by atoms with van der Waals surface area (Å²) in [5.74, 6) is 0. The quantitative estimate of drug-likeness (QED) is 0.746. The molecule has 0 spiro atoms. The van der Waals surface area contributed by atoms with Crippen LogP contribution in [0.4, 0.5) is 8.78 Å². The lowest BCUT2D eigenvalue weighted by Gasteiger charge is -2.18. The number of ether oxygens (including phenoxy) is 1. The first-order valence-corrected chi connectivity index (χ1v) is 4.85. The summed E-state index contributed by atoms with van der Waals surface area (Å²) in [5.41, 5.74) is 0. The molecule has 1 saturated carbocycles. The van der Waals surface area contributed by atoms with Crippen LogP contribution in [0.15, 0.2) is 0 Å². The number of likely N-dealkylation sites (N-methyl/N-ethyl adjacent to an activating group) is 1. The molecule has 1 aliphatic carbocycles.